The van der Waals surface area contributed by atoms with Gasteiger partial charge < -0.3 is 30.9 Å². The fourth-order valence-corrected chi connectivity index (χ4v) is 6.37. The van der Waals surface area contributed by atoms with Crippen LogP contribution in [0, 0.1) is 11.8 Å². The number of rotatable bonds is 15. The number of carbonyl (C=O) groups excluding carboxylic acids is 6. The number of ether oxygens (including phenoxy) is 1. The Bertz CT molecular complexity index is 1380. The monoisotopic (exact) mass is 723 g/mol. The fourth-order valence-electron chi connectivity index (χ4n) is 6.37. The van der Waals surface area contributed by atoms with Gasteiger partial charge in [0.1, 0.15) is 12.1 Å². The third-order valence-electron chi connectivity index (χ3n) is 9.81. The normalized spacial score (nSPS) is 19.2. The molecule has 1 aliphatic heterocycles. The smallest absolute Gasteiger partial charge is 0.427 e. The van der Waals surface area contributed by atoms with Gasteiger partial charge in [-0.3, -0.25) is 24.0 Å². The molecule has 2 fully saturated rings. The third kappa shape index (κ3) is 11.7. The second kappa shape index (κ2) is 18.4. The van der Waals surface area contributed by atoms with Crippen LogP contribution >= 0.6 is 0 Å². The molecule has 1 aliphatic carbocycles. The number of alkyl carbamates (subject to hydrolysis) is 1. The average molecular weight is 724 g/mol. The second-order valence-corrected chi connectivity index (χ2v) is 14.2. The maximum Gasteiger partial charge on any atom is 0.427 e. The van der Waals surface area contributed by atoms with Crippen LogP contribution in [0.5, 0.6) is 0 Å². The molecule has 5 unspecified atom stereocenters. The summed E-state index contributed by atoms with van der Waals surface area (Å²) in [5.74, 6) is -4.26. The van der Waals surface area contributed by atoms with E-state index in [-0.39, 0.29) is 37.3 Å². The lowest BCUT2D eigenvalue weighted by molar-refractivity contribution is -0.244. The Kier molecular flexibility index (Phi) is 14.9. The number of hydrogen-bond donors (Lipinski definition) is 4. The Morgan fingerprint density at radius 2 is 1.55 bits per heavy atom. The average Bonchev–Trinajstić information content (AvgIpc) is 3.59. The summed E-state index contributed by atoms with van der Waals surface area (Å²) in [4.78, 5) is 80.6. The Morgan fingerprint density at radius 1 is 0.902 bits per heavy atom. The first-order chi connectivity index (χ1) is 23.9. The molecule has 15 heteroatoms. The molecule has 5 atom stereocenters. The largest absolute Gasteiger partial charge is 0.434 e. The Labute approximate surface area is 297 Å². The zero-order valence-corrected chi connectivity index (χ0v) is 30.1. The Hall–Kier alpha value is -4.17. The number of halogens is 3. The third-order valence-corrected chi connectivity index (χ3v) is 9.81. The van der Waals surface area contributed by atoms with Crippen LogP contribution in [0.2, 0.25) is 0 Å². The molecule has 1 heterocycles. The van der Waals surface area contributed by atoms with Gasteiger partial charge in [0, 0.05) is 6.54 Å². The van der Waals surface area contributed by atoms with E-state index in [0.29, 0.717) is 39.5 Å². The summed E-state index contributed by atoms with van der Waals surface area (Å²) in [6.07, 6.45) is -1.28. The topological polar surface area (TPSA) is 163 Å². The number of ketones is 1. The molecular formula is C36H52F3N5O7. The van der Waals surface area contributed by atoms with Gasteiger partial charge in [-0.15, -0.1) is 0 Å². The van der Waals surface area contributed by atoms with Crippen LogP contribution in [-0.2, 0) is 28.7 Å². The van der Waals surface area contributed by atoms with E-state index >= 15 is 0 Å². The van der Waals surface area contributed by atoms with E-state index in [9.17, 15) is 41.9 Å². The molecule has 0 spiro atoms. The van der Waals surface area contributed by atoms with Gasteiger partial charge in [-0.1, -0.05) is 69.9 Å². The standard InChI is InChI=1S/C36H52F3N5O7/c1-6-22(2)20-26(30(46)32(48)40-21-28(45)41-23(3)24-14-9-7-10-15-24)42-31(47)27-18-13-19-44(27)33(49)29(25-16-11-8-12-17-25)43-34(50)51-35(4,5)36(37,38)39/h7,9-10,14-15,22-23,25-27,29H,6,8,11-13,16-21H2,1-5H3,(H,40,48)(H,41,45)(H,42,47)(H,43,50). The summed E-state index contributed by atoms with van der Waals surface area (Å²) in [6.45, 7) is 6.63. The lowest BCUT2D eigenvalue weighted by atomic mass is 9.83. The zero-order valence-electron chi connectivity index (χ0n) is 30.1. The highest BCUT2D eigenvalue weighted by molar-refractivity contribution is 6.38. The molecule has 2 aliphatic rings. The van der Waals surface area contributed by atoms with Gasteiger partial charge in [0.05, 0.1) is 18.6 Å². The molecule has 284 valence electrons. The van der Waals surface area contributed by atoms with Gasteiger partial charge in [-0.25, -0.2) is 4.79 Å². The predicted molar refractivity (Wildman–Crippen MR) is 182 cm³/mol. The predicted octanol–water partition coefficient (Wildman–Crippen LogP) is 4.48. The molecule has 5 amide bonds. The molecule has 0 aromatic heterocycles. The first-order valence-corrected chi connectivity index (χ1v) is 17.8. The van der Waals surface area contributed by atoms with Gasteiger partial charge in [0.25, 0.3) is 5.91 Å². The van der Waals surface area contributed by atoms with Gasteiger partial charge >= 0.3 is 12.3 Å². The molecule has 1 aromatic carbocycles. The Morgan fingerprint density at radius 3 is 2.16 bits per heavy atom. The molecule has 0 radical (unpaired) electrons. The van der Waals surface area contributed by atoms with Crippen molar-refractivity contribution >= 4 is 35.5 Å². The highest BCUT2D eigenvalue weighted by Gasteiger charge is 2.51. The summed E-state index contributed by atoms with van der Waals surface area (Å²) < 4.78 is 45.0. The van der Waals surface area contributed by atoms with Crippen molar-refractivity contribution in [2.75, 3.05) is 13.1 Å². The molecule has 1 aromatic rings. The van der Waals surface area contributed by atoms with Crippen molar-refractivity contribution in [1.82, 2.24) is 26.2 Å². The van der Waals surface area contributed by atoms with E-state index in [1.165, 1.54) is 4.90 Å². The maximum atomic E-state index is 14.0. The van der Waals surface area contributed by atoms with Crippen LogP contribution in [0.15, 0.2) is 30.3 Å². The number of Topliss-reactive ketones (excluding diaryl/α,β-unsaturated/α-hetero) is 1. The summed E-state index contributed by atoms with van der Waals surface area (Å²) in [5, 5.41) is 10.1. The SMILES string of the molecule is CCC(C)CC(NC(=O)C1CCCN1C(=O)C(NC(=O)OC(C)(C)C(F)(F)F)C1CCCCC1)C(=O)C(=O)NCC(=O)NC(C)c1ccccc1. The minimum absolute atomic E-state index is 0.0739. The van der Waals surface area contributed by atoms with Gasteiger partial charge in [-0.2, -0.15) is 13.2 Å². The molecule has 1 saturated heterocycles. The number of nitrogens with one attached hydrogen (secondary N) is 4. The van der Waals surface area contributed by atoms with E-state index in [1.54, 1.807) is 6.92 Å². The number of likely N-dealkylation sites (tertiary alicyclic amines) is 1. The first kappa shape index (κ1) is 41.3. The van der Waals surface area contributed by atoms with Crippen LogP contribution < -0.4 is 21.3 Å². The van der Waals surface area contributed by atoms with Crippen molar-refractivity contribution in [1.29, 1.82) is 0 Å². The Balaban J connectivity index is 1.70. The number of carbonyl (C=O) groups is 6. The number of alkyl halides is 3. The van der Waals surface area contributed by atoms with Crippen molar-refractivity contribution in [2.45, 2.75) is 128 Å². The second-order valence-electron chi connectivity index (χ2n) is 14.2. The van der Waals surface area contributed by atoms with E-state index in [1.807, 2.05) is 44.2 Å². The van der Waals surface area contributed by atoms with Crippen LogP contribution in [0.1, 0.15) is 104 Å². The van der Waals surface area contributed by atoms with Crippen LogP contribution in [0.3, 0.4) is 0 Å². The minimum Gasteiger partial charge on any atom is -0.434 e. The molecule has 51 heavy (non-hydrogen) atoms. The van der Waals surface area contributed by atoms with Gasteiger partial charge in [0.15, 0.2) is 0 Å². The molecule has 3 rings (SSSR count). The summed E-state index contributed by atoms with van der Waals surface area (Å²) in [7, 11) is 0. The molecule has 0 bridgehead atoms. The van der Waals surface area contributed by atoms with Crippen LogP contribution in [0.25, 0.3) is 0 Å². The van der Waals surface area contributed by atoms with E-state index in [4.69, 9.17) is 4.74 Å². The van der Waals surface area contributed by atoms with Crippen molar-refractivity contribution in [3.63, 3.8) is 0 Å². The quantitative estimate of drug-likeness (QED) is 0.194. The highest BCUT2D eigenvalue weighted by atomic mass is 19.4. The number of benzene rings is 1. The van der Waals surface area contributed by atoms with Crippen molar-refractivity contribution in [3.05, 3.63) is 35.9 Å². The molecule has 12 nitrogen and oxygen atoms in total. The molecule has 1 saturated carbocycles. The number of hydrogen-bond acceptors (Lipinski definition) is 7. The lowest BCUT2D eigenvalue weighted by Crippen LogP contribution is -2.58. The minimum atomic E-state index is -4.85. The lowest BCUT2D eigenvalue weighted by Gasteiger charge is -2.35. The van der Waals surface area contributed by atoms with Crippen molar-refractivity contribution < 1.29 is 46.7 Å². The zero-order chi connectivity index (χ0) is 37.9. The van der Waals surface area contributed by atoms with Crippen molar-refractivity contribution in [2.24, 2.45) is 11.8 Å². The van der Waals surface area contributed by atoms with E-state index in [2.05, 4.69) is 21.3 Å². The fraction of sp³-hybridized carbons (Fsp3) is 0.667. The van der Waals surface area contributed by atoms with E-state index in [0.717, 1.165) is 24.8 Å². The van der Waals surface area contributed by atoms with E-state index < -0.39 is 72.0 Å². The van der Waals surface area contributed by atoms with Gasteiger partial charge in [0.2, 0.25) is 29.1 Å². The first-order valence-electron chi connectivity index (χ1n) is 17.8. The maximum absolute atomic E-state index is 14.0. The van der Waals surface area contributed by atoms with Crippen LogP contribution in [-0.4, -0.2) is 83.4 Å². The highest BCUT2D eigenvalue weighted by Crippen LogP contribution is 2.34. The molecule has 4 N–H and O–H groups in total. The summed E-state index contributed by atoms with van der Waals surface area (Å²) >= 11 is 0. The van der Waals surface area contributed by atoms with Crippen molar-refractivity contribution in [3.8, 4) is 0 Å². The summed E-state index contributed by atoms with van der Waals surface area (Å²) in [5.41, 5.74) is -1.95. The summed E-state index contributed by atoms with van der Waals surface area (Å²) in [6, 6.07) is 5.32. The van der Waals surface area contributed by atoms with Crippen LogP contribution in [0.4, 0.5) is 18.0 Å². The molecular weight excluding hydrogens is 671 g/mol. The number of amides is 5. The van der Waals surface area contributed by atoms with Gasteiger partial charge in [-0.05, 0) is 70.3 Å². The number of nitrogens with zero attached hydrogens (tertiary/aromatic N) is 1.